The average molecular weight is 435 g/mol. The number of nitrogens with zero attached hydrogens (tertiary/aromatic N) is 3. The Kier molecular flexibility index (Phi) is 5.26. The van der Waals surface area contributed by atoms with Gasteiger partial charge in [-0.15, -0.1) is 0 Å². The first-order valence-electron chi connectivity index (χ1n) is 10.3. The molecule has 0 spiro atoms. The number of oxazole rings is 1. The second-order valence-corrected chi connectivity index (χ2v) is 7.71. The third kappa shape index (κ3) is 4.03. The molecule has 4 aromatic rings. The van der Waals surface area contributed by atoms with E-state index in [1.165, 1.54) is 24.3 Å². The molecular formula is C24H19F2N3O3. The third-order valence-corrected chi connectivity index (χ3v) is 5.52. The minimum absolute atomic E-state index is 0.106. The van der Waals surface area contributed by atoms with Gasteiger partial charge in [-0.1, -0.05) is 17.3 Å². The van der Waals surface area contributed by atoms with Gasteiger partial charge < -0.3 is 13.8 Å². The van der Waals surface area contributed by atoms with Crippen molar-refractivity contribution in [3.8, 4) is 11.3 Å². The molecule has 1 fully saturated rings. The van der Waals surface area contributed by atoms with Crippen LogP contribution in [-0.4, -0.2) is 27.5 Å². The van der Waals surface area contributed by atoms with E-state index >= 15 is 0 Å². The van der Waals surface area contributed by atoms with Gasteiger partial charge in [0.1, 0.15) is 29.1 Å². The predicted molar refractivity (Wildman–Crippen MR) is 111 cm³/mol. The van der Waals surface area contributed by atoms with Crippen LogP contribution < -0.4 is 0 Å². The molecule has 1 saturated heterocycles. The SMILES string of the molecule is O=C(c1cc(-c2ccc(F)cc2)no1)N1CCC[C@@H]1c1ncc(Cc2ccc(F)cc2)o1. The zero-order chi connectivity index (χ0) is 22.1. The number of hydrogen-bond acceptors (Lipinski definition) is 5. The van der Waals surface area contributed by atoms with E-state index in [9.17, 15) is 13.6 Å². The van der Waals surface area contributed by atoms with E-state index in [2.05, 4.69) is 10.1 Å². The van der Waals surface area contributed by atoms with Crippen molar-refractivity contribution in [2.75, 3.05) is 6.54 Å². The van der Waals surface area contributed by atoms with Gasteiger partial charge in [-0.2, -0.15) is 0 Å². The van der Waals surface area contributed by atoms with E-state index < -0.39 is 0 Å². The summed E-state index contributed by atoms with van der Waals surface area (Å²) in [7, 11) is 0. The molecule has 0 aliphatic carbocycles. The summed E-state index contributed by atoms with van der Waals surface area (Å²) in [5, 5.41) is 3.95. The van der Waals surface area contributed by atoms with Crippen LogP contribution >= 0.6 is 0 Å². The van der Waals surface area contributed by atoms with Crippen molar-refractivity contribution in [3.63, 3.8) is 0 Å². The topological polar surface area (TPSA) is 72.4 Å². The quantitative estimate of drug-likeness (QED) is 0.432. The van der Waals surface area contributed by atoms with E-state index in [1.807, 2.05) is 0 Å². The molecule has 32 heavy (non-hydrogen) atoms. The summed E-state index contributed by atoms with van der Waals surface area (Å²) in [6, 6.07) is 13.3. The molecular weight excluding hydrogens is 416 g/mol. The number of amides is 1. The van der Waals surface area contributed by atoms with Gasteiger partial charge in [-0.25, -0.2) is 13.8 Å². The Morgan fingerprint density at radius 2 is 1.78 bits per heavy atom. The van der Waals surface area contributed by atoms with Gasteiger partial charge >= 0.3 is 0 Å². The summed E-state index contributed by atoms with van der Waals surface area (Å²) < 4.78 is 37.5. The van der Waals surface area contributed by atoms with Gasteiger partial charge in [-0.3, -0.25) is 4.79 Å². The van der Waals surface area contributed by atoms with Crippen LogP contribution in [0.5, 0.6) is 0 Å². The predicted octanol–water partition coefficient (Wildman–Crippen LogP) is 5.18. The molecule has 8 heteroatoms. The van der Waals surface area contributed by atoms with E-state index in [4.69, 9.17) is 8.94 Å². The fourth-order valence-electron chi connectivity index (χ4n) is 3.90. The van der Waals surface area contributed by atoms with Crippen molar-refractivity contribution in [1.29, 1.82) is 0 Å². The lowest BCUT2D eigenvalue weighted by Crippen LogP contribution is -2.30. The minimum Gasteiger partial charge on any atom is -0.443 e. The average Bonchev–Trinajstić information content (AvgIpc) is 3.56. The normalized spacial score (nSPS) is 15.9. The maximum absolute atomic E-state index is 13.1. The van der Waals surface area contributed by atoms with Crippen molar-refractivity contribution in [1.82, 2.24) is 15.0 Å². The van der Waals surface area contributed by atoms with Crippen LogP contribution in [0.2, 0.25) is 0 Å². The van der Waals surface area contributed by atoms with E-state index in [1.54, 1.807) is 41.4 Å². The van der Waals surface area contributed by atoms with Crippen LogP contribution in [0.1, 0.15) is 46.7 Å². The van der Waals surface area contributed by atoms with Gasteiger partial charge in [0.25, 0.3) is 5.91 Å². The van der Waals surface area contributed by atoms with Crippen LogP contribution in [0.4, 0.5) is 8.78 Å². The fraction of sp³-hybridized carbons (Fsp3) is 0.208. The number of benzene rings is 2. The van der Waals surface area contributed by atoms with Crippen molar-refractivity contribution in [2.24, 2.45) is 0 Å². The van der Waals surface area contributed by atoms with Crippen molar-refractivity contribution >= 4 is 5.91 Å². The van der Waals surface area contributed by atoms with E-state index in [0.29, 0.717) is 35.9 Å². The molecule has 0 bridgehead atoms. The van der Waals surface area contributed by atoms with Crippen LogP contribution in [0.25, 0.3) is 11.3 Å². The third-order valence-electron chi connectivity index (χ3n) is 5.52. The summed E-state index contributed by atoms with van der Waals surface area (Å²) >= 11 is 0. The highest BCUT2D eigenvalue weighted by Crippen LogP contribution is 2.33. The molecule has 0 unspecified atom stereocenters. The van der Waals surface area contributed by atoms with Crippen molar-refractivity contribution in [2.45, 2.75) is 25.3 Å². The van der Waals surface area contributed by atoms with Crippen LogP contribution in [0, 0.1) is 11.6 Å². The number of likely N-dealkylation sites (tertiary alicyclic amines) is 1. The summed E-state index contributed by atoms with van der Waals surface area (Å²) in [4.78, 5) is 19.1. The zero-order valence-corrected chi connectivity index (χ0v) is 17.0. The highest BCUT2D eigenvalue weighted by molar-refractivity contribution is 5.92. The van der Waals surface area contributed by atoms with Gasteiger partial charge in [0.05, 0.1) is 6.20 Å². The number of carbonyl (C=O) groups excluding carboxylic acids is 1. The molecule has 0 N–H and O–H groups in total. The van der Waals surface area contributed by atoms with Crippen LogP contribution in [0.3, 0.4) is 0 Å². The van der Waals surface area contributed by atoms with Gasteiger partial charge in [0.2, 0.25) is 11.7 Å². The molecule has 0 saturated carbocycles. The second kappa shape index (κ2) is 8.37. The van der Waals surface area contributed by atoms with Gasteiger partial charge in [0.15, 0.2) is 0 Å². The molecule has 1 atom stereocenters. The Hall–Kier alpha value is -3.81. The van der Waals surface area contributed by atoms with Gasteiger partial charge in [-0.05, 0) is 54.8 Å². The Morgan fingerprint density at radius 3 is 2.53 bits per heavy atom. The van der Waals surface area contributed by atoms with Crippen LogP contribution in [0.15, 0.2) is 69.7 Å². The largest absolute Gasteiger partial charge is 0.443 e. The molecule has 1 amide bonds. The summed E-state index contributed by atoms with van der Waals surface area (Å²) in [6.07, 6.45) is 3.66. The van der Waals surface area contributed by atoms with Gasteiger partial charge in [0, 0.05) is 24.6 Å². The summed E-state index contributed by atoms with van der Waals surface area (Å²) in [5.74, 6) is 0.275. The molecule has 2 aromatic carbocycles. The minimum atomic E-state index is -0.349. The van der Waals surface area contributed by atoms with Crippen molar-refractivity contribution in [3.05, 3.63) is 95.4 Å². The molecule has 0 radical (unpaired) electrons. The monoisotopic (exact) mass is 435 g/mol. The lowest BCUT2D eigenvalue weighted by atomic mass is 10.1. The van der Waals surface area contributed by atoms with E-state index in [0.717, 1.165) is 18.4 Å². The lowest BCUT2D eigenvalue weighted by molar-refractivity contribution is 0.0672. The standard InChI is InChI=1S/C24H19F2N3O3/c25-17-7-3-15(4-8-17)12-19-14-27-23(31-19)21-2-1-11-29(21)24(30)22-13-20(28-32-22)16-5-9-18(26)10-6-16/h3-10,13-14,21H,1-2,11-12H2/t21-/m1/s1. The molecule has 5 rings (SSSR count). The highest BCUT2D eigenvalue weighted by atomic mass is 19.1. The first kappa shape index (κ1) is 20.1. The van der Waals surface area contributed by atoms with Crippen LogP contribution in [-0.2, 0) is 6.42 Å². The smallest absolute Gasteiger partial charge is 0.293 e. The second-order valence-electron chi connectivity index (χ2n) is 7.71. The number of hydrogen-bond donors (Lipinski definition) is 0. The number of halogens is 2. The first-order valence-corrected chi connectivity index (χ1v) is 10.3. The summed E-state index contributed by atoms with van der Waals surface area (Å²) in [6.45, 7) is 0.547. The molecule has 2 aromatic heterocycles. The number of rotatable bonds is 5. The molecule has 1 aliphatic heterocycles. The Balaban J connectivity index is 1.31. The summed E-state index contributed by atoms with van der Waals surface area (Å²) in [5.41, 5.74) is 2.02. The highest BCUT2D eigenvalue weighted by Gasteiger charge is 2.35. The Morgan fingerprint density at radius 1 is 1.06 bits per heavy atom. The lowest BCUT2D eigenvalue weighted by Gasteiger charge is -2.20. The number of aromatic nitrogens is 2. The molecule has 1 aliphatic rings. The molecule has 162 valence electrons. The fourth-order valence-corrected chi connectivity index (χ4v) is 3.90. The van der Waals surface area contributed by atoms with E-state index in [-0.39, 0.29) is 29.3 Å². The maximum Gasteiger partial charge on any atom is 0.293 e. The zero-order valence-electron chi connectivity index (χ0n) is 17.0. The molecule has 6 nitrogen and oxygen atoms in total. The maximum atomic E-state index is 13.1. The first-order chi connectivity index (χ1) is 15.6. The van der Waals surface area contributed by atoms with Crippen molar-refractivity contribution < 1.29 is 22.5 Å². The molecule has 3 heterocycles. The Labute approximate surface area is 182 Å². The Bertz CT molecular complexity index is 1230. The number of carbonyl (C=O) groups is 1.